The molecular formula is C24H26N2O5S2. The number of carbonyl (C=O) groups excluding carboxylic acids is 3. The van der Waals surface area contributed by atoms with Crippen LogP contribution in [-0.4, -0.2) is 41.4 Å². The number of carbonyl (C=O) groups is 3. The molecule has 1 amide bonds. The summed E-state index contributed by atoms with van der Waals surface area (Å²) in [5.74, 6) is -0.280. The number of rotatable bonds is 10. The number of benzene rings is 2. The van der Waals surface area contributed by atoms with Crippen LogP contribution < -0.4 is 4.80 Å². The van der Waals surface area contributed by atoms with Crippen LogP contribution in [0.4, 0.5) is 0 Å². The molecule has 0 aliphatic rings. The molecule has 0 saturated carbocycles. The predicted molar refractivity (Wildman–Crippen MR) is 129 cm³/mol. The van der Waals surface area contributed by atoms with Gasteiger partial charge in [-0.25, -0.2) is 4.79 Å². The van der Waals surface area contributed by atoms with Crippen LogP contribution in [0.2, 0.25) is 0 Å². The zero-order valence-electron chi connectivity index (χ0n) is 18.6. The lowest BCUT2D eigenvalue weighted by Crippen LogP contribution is -2.23. The first kappa shape index (κ1) is 24.7. The maximum absolute atomic E-state index is 12.6. The number of esters is 2. The second kappa shape index (κ2) is 12.4. The number of aromatic nitrogens is 1. The molecule has 0 atom stereocenters. The Balaban J connectivity index is 1.80. The van der Waals surface area contributed by atoms with Crippen LogP contribution in [0.15, 0.2) is 58.4 Å². The summed E-state index contributed by atoms with van der Waals surface area (Å²) < 4.78 is 12.5. The minimum atomic E-state index is -0.421. The Kier molecular flexibility index (Phi) is 9.26. The molecule has 0 aliphatic heterocycles. The van der Waals surface area contributed by atoms with Gasteiger partial charge in [-0.2, -0.15) is 4.99 Å². The van der Waals surface area contributed by atoms with E-state index in [1.54, 1.807) is 48.4 Å². The van der Waals surface area contributed by atoms with Gasteiger partial charge in [0.15, 0.2) is 4.80 Å². The van der Waals surface area contributed by atoms with Gasteiger partial charge in [0.25, 0.3) is 0 Å². The Hall–Kier alpha value is -2.91. The molecule has 9 heteroatoms. The number of fused-ring (bicyclic) bond motifs is 1. The fraction of sp³-hybridized carbons (Fsp3) is 0.333. The molecule has 0 fully saturated rings. The van der Waals surface area contributed by atoms with Crippen LogP contribution in [0, 0.1) is 0 Å². The SMILES string of the molecule is CCOC(=O)Cn1c(=NC(=O)CCCSc2ccccc2)sc2cc(C(=O)OCC)ccc21. The minimum absolute atomic E-state index is 0.0669. The smallest absolute Gasteiger partial charge is 0.338 e. The van der Waals surface area contributed by atoms with Gasteiger partial charge >= 0.3 is 11.9 Å². The summed E-state index contributed by atoms with van der Waals surface area (Å²) in [4.78, 5) is 42.6. The van der Waals surface area contributed by atoms with Gasteiger partial charge in [-0.05, 0) is 56.4 Å². The van der Waals surface area contributed by atoms with Gasteiger partial charge < -0.3 is 14.0 Å². The molecule has 1 aromatic heterocycles. The van der Waals surface area contributed by atoms with E-state index < -0.39 is 11.9 Å². The van der Waals surface area contributed by atoms with Crippen molar-refractivity contribution in [2.45, 2.75) is 38.1 Å². The van der Waals surface area contributed by atoms with Crippen molar-refractivity contribution >= 4 is 51.2 Å². The number of nitrogens with zero attached hydrogens (tertiary/aromatic N) is 2. The van der Waals surface area contributed by atoms with Crippen LogP contribution >= 0.6 is 23.1 Å². The van der Waals surface area contributed by atoms with Gasteiger partial charge in [0.1, 0.15) is 6.54 Å². The van der Waals surface area contributed by atoms with E-state index in [-0.39, 0.29) is 25.7 Å². The Morgan fingerprint density at radius 2 is 1.79 bits per heavy atom. The summed E-state index contributed by atoms with van der Waals surface area (Å²) in [5.41, 5.74) is 1.11. The molecule has 7 nitrogen and oxygen atoms in total. The maximum Gasteiger partial charge on any atom is 0.338 e. The number of thiazole rings is 1. The molecule has 2 aromatic carbocycles. The van der Waals surface area contributed by atoms with E-state index in [1.807, 2.05) is 30.3 Å². The van der Waals surface area contributed by atoms with E-state index in [2.05, 4.69) is 4.99 Å². The highest BCUT2D eigenvalue weighted by Gasteiger charge is 2.15. The predicted octanol–water partition coefficient (Wildman–Crippen LogP) is 4.44. The molecule has 0 saturated heterocycles. The zero-order valence-corrected chi connectivity index (χ0v) is 20.2. The molecule has 33 heavy (non-hydrogen) atoms. The summed E-state index contributed by atoms with van der Waals surface area (Å²) >= 11 is 2.95. The summed E-state index contributed by atoms with van der Waals surface area (Å²) in [6.07, 6.45) is 0.999. The van der Waals surface area contributed by atoms with Crippen molar-refractivity contribution in [2.24, 2.45) is 4.99 Å². The Morgan fingerprint density at radius 1 is 1.03 bits per heavy atom. The first-order chi connectivity index (χ1) is 16.0. The van der Waals surface area contributed by atoms with Gasteiger partial charge in [-0.1, -0.05) is 29.5 Å². The molecule has 0 aliphatic carbocycles. The number of hydrogen-bond acceptors (Lipinski definition) is 7. The topological polar surface area (TPSA) is 87.0 Å². The lowest BCUT2D eigenvalue weighted by Gasteiger charge is -2.06. The monoisotopic (exact) mass is 486 g/mol. The molecule has 0 radical (unpaired) electrons. The second-order valence-corrected chi connectivity index (χ2v) is 9.13. The molecule has 0 unspecified atom stereocenters. The number of thioether (sulfide) groups is 1. The first-order valence-electron chi connectivity index (χ1n) is 10.7. The molecule has 1 heterocycles. The molecule has 3 rings (SSSR count). The zero-order chi connectivity index (χ0) is 23.6. The van der Waals surface area contributed by atoms with Crippen molar-refractivity contribution in [3.63, 3.8) is 0 Å². The second-order valence-electron chi connectivity index (χ2n) is 6.95. The van der Waals surface area contributed by atoms with E-state index in [0.717, 1.165) is 15.3 Å². The van der Waals surface area contributed by atoms with Crippen molar-refractivity contribution in [2.75, 3.05) is 19.0 Å². The average molecular weight is 487 g/mol. The van der Waals surface area contributed by atoms with Crippen molar-refractivity contribution in [3.8, 4) is 0 Å². The van der Waals surface area contributed by atoms with Crippen LogP contribution in [-0.2, 0) is 25.6 Å². The largest absolute Gasteiger partial charge is 0.465 e. The van der Waals surface area contributed by atoms with Crippen LogP contribution in [0.5, 0.6) is 0 Å². The van der Waals surface area contributed by atoms with E-state index >= 15 is 0 Å². The van der Waals surface area contributed by atoms with Crippen LogP contribution in [0.1, 0.15) is 37.0 Å². The number of hydrogen-bond donors (Lipinski definition) is 0. The molecule has 0 N–H and O–H groups in total. The van der Waals surface area contributed by atoms with Crippen LogP contribution in [0.25, 0.3) is 10.2 Å². The minimum Gasteiger partial charge on any atom is -0.465 e. The van der Waals surface area contributed by atoms with E-state index in [4.69, 9.17) is 9.47 Å². The van der Waals surface area contributed by atoms with Crippen molar-refractivity contribution in [1.82, 2.24) is 4.57 Å². The number of amides is 1. The Morgan fingerprint density at radius 3 is 2.52 bits per heavy atom. The molecule has 0 bridgehead atoms. The summed E-state index contributed by atoms with van der Waals surface area (Å²) in [6.45, 7) is 3.96. The first-order valence-corrected chi connectivity index (χ1v) is 12.5. The highest BCUT2D eigenvalue weighted by molar-refractivity contribution is 7.99. The van der Waals surface area contributed by atoms with Crippen molar-refractivity contribution in [1.29, 1.82) is 0 Å². The summed E-state index contributed by atoms with van der Waals surface area (Å²) in [6, 6.07) is 15.1. The van der Waals surface area contributed by atoms with Crippen LogP contribution in [0.3, 0.4) is 0 Å². The molecular weight excluding hydrogens is 460 g/mol. The van der Waals surface area contributed by atoms with Gasteiger partial charge in [0.2, 0.25) is 5.91 Å². The van der Waals surface area contributed by atoms with Gasteiger partial charge in [-0.3, -0.25) is 9.59 Å². The lowest BCUT2D eigenvalue weighted by atomic mass is 10.2. The Labute approximate surface area is 200 Å². The fourth-order valence-corrected chi connectivity index (χ4v) is 5.04. The van der Waals surface area contributed by atoms with Crippen molar-refractivity contribution in [3.05, 3.63) is 58.9 Å². The molecule has 0 spiro atoms. The lowest BCUT2D eigenvalue weighted by molar-refractivity contribution is -0.143. The summed E-state index contributed by atoms with van der Waals surface area (Å²) in [5, 5.41) is 0. The Bertz CT molecular complexity index is 1180. The third-order valence-electron chi connectivity index (χ3n) is 4.55. The quantitative estimate of drug-likeness (QED) is 0.239. The van der Waals surface area contributed by atoms with Gasteiger partial charge in [-0.15, -0.1) is 11.8 Å². The molecule has 3 aromatic rings. The van der Waals surface area contributed by atoms with Gasteiger partial charge in [0.05, 0.1) is 29.0 Å². The molecule has 174 valence electrons. The fourth-order valence-electron chi connectivity index (χ4n) is 3.08. The average Bonchev–Trinajstić information content (AvgIpc) is 3.13. The number of ether oxygens (including phenoxy) is 2. The maximum atomic E-state index is 12.6. The highest BCUT2D eigenvalue weighted by Crippen LogP contribution is 2.21. The van der Waals surface area contributed by atoms with E-state index in [1.165, 1.54) is 11.3 Å². The third kappa shape index (κ3) is 7.03. The third-order valence-corrected chi connectivity index (χ3v) is 6.69. The highest BCUT2D eigenvalue weighted by atomic mass is 32.2. The normalized spacial score (nSPS) is 11.5. The summed E-state index contributed by atoms with van der Waals surface area (Å²) in [7, 11) is 0. The standard InChI is InChI=1S/C24H26N2O5S2/c1-3-30-22(28)16-26-19-13-12-17(23(29)31-4-2)15-20(19)33-24(26)25-21(27)11-8-14-32-18-9-6-5-7-10-18/h5-7,9-10,12-13,15H,3-4,8,11,14,16H2,1-2H3. The van der Waals surface area contributed by atoms with E-state index in [9.17, 15) is 14.4 Å². The van der Waals surface area contributed by atoms with Crippen molar-refractivity contribution < 1.29 is 23.9 Å². The van der Waals surface area contributed by atoms with Gasteiger partial charge in [0, 0.05) is 11.3 Å². The van der Waals surface area contributed by atoms with E-state index in [0.29, 0.717) is 28.7 Å².